The minimum absolute atomic E-state index is 0.211. The molecular weight excluding hydrogens is 376 g/mol. The Morgan fingerprint density at radius 2 is 1.66 bits per heavy atom. The molecule has 0 aromatic heterocycles. The van der Waals surface area contributed by atoms with E-state index in [0.29, 0.717) is 17.2 Å². The zero-order valence-electron chi connectivity index (χ0n) is 16.8. The molecule has 8 heteroatoms. The maximum atomic E-state index is 12.1. The molecular formula is C21H24N2O6. The van der Waals surface area contributed by atoms with Crippen molar-refractivity contribution in [3.63, 3.8) is 0 Å². The van der Waals surface area contributed by atoms with Crippen LogP contribution in [0.5, 0.6) is 11.5 Å². The van der Waals surface area contributed by atoms with Gasteiger partial charge in [0, 0.05) is 5.69 Å². The molecule has 0 saturated carbocycles. The van der Waals surface area contributed by atoms with Gasteiger partial charge in [0.15, 0.2) is 18.1 Å². The van der Waals surface area contributed by atoms with Gasteiger partial charge < -0.3 is 24.8 Å². The fourth-order valence-electron chi connectivity index (χ4n) is 2.49. The Balaban J connectivity index is 1.81. The monoisotopic (exact) mass is 400 g/mol. The molecule has 0 unspecified atom stereocenters. The standard InChI is InChI=1S/C21H24N2O6/c1-13-6-5-7-16(14(13)2)23-19(24)11-22-20(25)12-29-21(26)15-8-9-17(27-3)18(10-15)28-4/h5-10H,11-12H2,1-4H3,(H,22,25)(H,23,24). The molecule has 2 N–H and O–H groups in total. The van der Waals surface area contributed by atoms with Gasteiger partial charge in [0.05, 0.1) is 26.3 Å². The minimum atomic E-state index is -0.694. The molecule has 29 heavy (non-hydrogen) atoms. The number of rotatable bonds is 8. The molecule has 0 bridgehead atoms. The van der Waals surface area contributed by atoms with E-state index in [2.05, 4.69) is 10.6 Å². The molecule has 0 radical (unpaired) electrons. The van der Waals surface area contributed by atoms with Crippen molar-refractivity contribution in [1.29, 1.82) is 0 Å². The highest BCUT2D eigenvalue weighted by molar-refractivity contribution is 5.96. The lowest BCUT2D eigenvalue weighted by atomic mass is 10.1. The lowest BCUT2D eigenvalue weighted by Gasteiger charge is -2.11. The molecule has 0 saturated heterocycles. The lowest BCUT2D eigenvalue weighted by molar-refractivity contribution is -0.126. The van der Waals surface area contributed by atoms with Crippen LogP contribution in [0, 0.1) is 13.8 Å². The third-order valence-corrected chi connectivity index (χ3v) is 4.28. The van der Waals surface area contributed by atoms with Crippen molar-refractivity contribution in [2.45, 2.75) is 13.8 Å². The zero-order valence-corrected chi connectivity index (χ0v) is 16.8. The summed E-state index contributed by atoms with van der Waals surface area (Å²) < 4.78 is 15.2. The van der Waals surface area contributed by atoms with Crippen LogP contribution in [0.4, 0.5) is 5.69 Å². The molecule has 0 aliphatic heterocycles. The van der Waals surface area contributed by atoms with Crippen molar-refractivity contribution < 1.29 is 28.6 Å². The third-order valence-electron chi connectivity index (χ3n) is 4.28. The van der Waals surface area contributed by atoms with Gasteiger partial charge in [0.25, 0.3) is 5.91 Å². The molecule has 2 rings (SSSR count). The number of amides is 2. The number of hydrogen-bond donors (Lipinski definition) is 2. The van der Waals surface area contributed by atoms with Crippen LogP contribution in [-0.2, 0) is 14.3 Å². The molecule has 0 fully saturated rings. The summed E-state index contributed by atoms with van der Waals surface area (Å²) in [5, 5.41) is 5.14. The fourth-order valence-corrected chi connectivity index (χ4v) is 2.49. The van der Waals surface area contributed by atoms with Crippen LogP contribution in [0.25, 0.3) is 0 Å². The summed E-state index contributed by atoms with van der Waals surface area (Å²) in [6.07, 6.45) is 0. The maximum Gasteiger partial charge on any atom is 0.338 e. The summed E-state index contributed by atoms with van der Waals surface area (Å²) in [6, 6.07) is 10.1. The normalized spacial score (nSPS) is 10.1. The van der Waals surface area contributed by atoms with E-state index in [-0.39, 0.29) is 18.0 Å². The predicted molar refractivity (Wildman–Crippen MR) is 107 cm³/mol. The van der Waals surface area contributed by atoms with Gasteiger partial charge in [-0.3, -0.25) is 9.59 Å². The van der Waals surface area contributed by atoms with Gasteiger partial charge in [0.2, 0.25) is 5.91 Å². The van der Waals surface area contributed by atoms with Crippen molar-refractivity contribution in [2.75, 3.05) is 32.7 Å². The number of nitrogens with one attached hydrogen (secondary N) is 2. The van der Waals surface area contributed by atoms with Crippen molar-refractivity contribution in [1.82, 2.24) is 5.32 Å². The number of benzene rings is 2. The van der Waals surface area contributed by atoms with Crippen LogP contribution in [0.3, 0.4) is 0 Å². The van der Waals surface area contributed by atoms with Gasteiger partial charge in [-0.1, -0.05) is 12.1 Å². The highest BCUT2D eigenvalue weighted by atomic mass is 16.5. The lowest BCUT2D eigenvalue weighted by Crippen LogP contribution is -2.35. The van der Waals surface area contributed by atoms with Crippen LogP contribution >= 0.6 is 0 Å². The number of methoxy groups -OCH3 is 2. The Labute approximate surface area is 169 Å². The Kier molecular flexibility index (Phi) is 7.59. The molecule has 0 heterocycles. The Morgan fingerprint density at radius 3 is 2.34 bits per heavy atom. The summed E-state index contributed by atoms with van der Waals surface area (Å²) >= 11 is 0. The summed E-state index contributed by atoms with van der Waals surface area (Å²) in [5.74, 6) is -0.819. The number of esters is 1. The number of aryl methyl sites for hydroxylation is 1. The van der Waals surface area contributed by atoms with E-state index >= 15 is 0 Å². The van der Waals surface area contributed by atoms with Crippen molar-refractivity contribution >= 4 is 23.5 Å². The number of ether oxygens (including phenoxy) is 3. The first kappa shape index (κ1) is 21.7. The first-order chi connectivity index (χ1) is 13.8. The number of carbonyl (C=O) groups is 3. The van der Waals surface area contributed by atoms with E-state index in [4.69, 9.17) is 14.2 Å². The summed E-state index contributed by atoms with van der Waals surface area (Å²) in [6.45, 7) is 3.10. The fraction of sp³-hybridized carbons (Fsp3) is 0.286. The van der Waals surface area contributed by atoms with Gasteiger partial charge in [-0.2, -0.15) is 0 Å². The number of hydrogen-bond acceptors (Lipinski definition) is 6. The summed E-state index contributed by atoms with van der Waals surface area (Å²) in [5.41, 5.74) is 2.90. The van der Waals surface area contributed by atoms with Crippen LogP contribution < -0.4 is 20.1 Å². The number of anilines is 1. The summed E-state index contributed by atoms with van der Waals surface area (Å²) in [7, 11) is 2.93. The quantitative estimate of drug-likeness (QED) is 0.659. The molecule has 0 spiro atoms. The predicted octanol–water partition coefficient (Wildman–Crippen LogP) is 2.23. The van der Waals surface area contributed by atoms with Gasteiger partial charge in [-0.25, -0.2) is 4.79 Å². The third kappa shape index (κ3) is 5.97. The zero-order chi connectivity index (χ0) is 21.4. The molecule has 2 amide bonds. The van der Waals surface area contributed by atoms with Crippen LogP contribution in [0.2, 0.25) is 0 Å². The second-order valence-corrected chi connectivity index (χ2v) is 6.22. The van der Waals surface area contributed by atoms with Gasteiger partial charge in [0.1, 0.15) is 0 Å². The van der Waals surface area contributed by atoms with Gasteiger partial charge in [-0.15, -0.1) is 0 Å². The van der Waals surface area contributed by atoms with Crippen molar-refractivity contribution in [3.8, 4) is 11.5 Å². The molecule has 0 aliphatic carbocycles. The summed E-state index contributed by atoms with van der Waals surface area (Å²) in [4.78, 5) is 36.0. The minimum Gasteiger partial charge on any atom is -0.493 e. The van der Waals surface area contributed by atoms with E-state index in [1.54, 1.807) is 12.1 Å². The molecule has 154 valence electrons. The Morgan fingerprint density at radius 1 is 0.931 bits per heavy atom. The molecule has 0 atom stereocenters. The maximum absolute atomic E-state index is 12.1. The Bertz CT molecular complexity index is 910. The van der Waals surface area contributed by atoms with Crippen molar-refractivity contribution in [3.05, 3.63) is 53.1 Å². The average Bonchev–Trinajstić information content (AvgIpc) is 2.73. The molecule has 2 aromatic carbocycles. The smallest absolute Gasteiger partial charge is 0.338 e. The van der Waals surface area contributed by atoms with E-state index in [9.17, 15) is 14.4 Å². The van der Waals surface area contributed by atoms with Crippen LogP contribution in [0.1, 0.15) is 21.5 Å². The topological polar surface area (TPSA) is 103 Å². The first-order valence-electron chi connectivity index (χ1n) is 8.87. The first-order valence-corrected chi connectivity index (χ1v) is 8.87. The largest absolute Gasteiger partial charge is 0.493 e. The van der Waals surface area contributed by atoms with Crippen molar-refractivity contribution in [2.24, 2.45) is 0 Å². The van der Waals surface area contributed by atoms with E-state index in [0.717, 1.165) is 11.1 Å². The van der Waals surface area contributed by atoms with Crippen LogP contribution in [0.15, 0.2) is 36.4 Å². The average molecular weight is 400 g/mol. The Hall–Kier alpha value is -3.55. The SMILES string of the molecule is COc1ccc(C(=O)OCC(=O)NCC(=O)Nc2cccc(C)c2C)cc1OC. The molecule has 8 nitrogen and oxygen atoms in total. The number of carbonyl (C=O) groups excluding carboxylic acids is 3. The van der Waals surface area contributed by atoms with Gasteiger partial charge in [-0.05, 0) is 49.2 Å². The van der Waals surface area contributed by atoms with E-state index in [1.807, 2.05) is 26.0 Å². The molecule has 2 aromatic rings. The van der Waals surface area contributed by atoms with E-state index in [1.165, 1.54) is 26.4 Å². The highest BCUT2D eigenvalue weighted by Gasteiger charge is 2.14. The van der Waals surface area contributed by atoms with Crippen LogP contribution in [-0.4, -0.2) is 45.2 Å². The second kappa shape index (κ2) is 10.1. The van der Waals surface area contributed by atoms with E-state index < -0.39 is 18.5 Å². The second-order valence-electron chi connectivity index (χ2n) is 6.22. The molecule has 0 aliphatic rings. The highest BCUT2D eigenvalue weighted by Crippen LogP contribution is 2.27. The van der Waals surface area contributed by atoms with Gasteiger partial charge >= 0.3 is 5.97 Å².